The van der Waals surface area contributed by atoms with Crippen molar-refractivity contribution in [3.05, 3.63) is 36.4 Å². The molecule has 0 aliphatic carbocycles. The highest BCUT2D eigenvalue weighted by atomic mass is 32.1. The van der Waals surface area contributed by atoms with Gasteiger partial charge in [-0.05, 0) is 30.4 Å². The lowest BCUT2D eigenvalue weighted by Crippen LogP contribution is -2.58. The van der Waals surface area contributed by atoms with Crippen molar-refractivity contribution in [1.82, 2.24) is 10.2 Å². The third-order valence-corrected chi connectivity index (χ3v) is 4.09. The van der Waals surface area contributed by atoms with E-state index in [1.54, 1.807) is 12.1 Å². The van der Waals surface area contributed by atoms with E-state index in [9.17, 15) is 14.4 Å². The second-order valence-corrected chi connectivity index (χ2v) is 5.67. The number of hydrogen-bond acceptors (Lipinski definition) is 6. The number of hydrogen-bond donors (Lipinski definition) is 1. The van der Waals surface area contributed by atoms with E-state index in [0.29, 0.717) is 17.1 Å². The van der Waals surface area contributed by atoms with E-state index in [1.807, 2.05) is 0 Å². The molecule has 2 amide bonds. The summed E-state index contributed by atoms with van der Waals surface area (Å²) >= 11 is 4.98. The fraction of sp³-hybridized carbons (Fsp3) is 0.294. The molecule has 1 saturated heterocycles. The maximum Gasteiger partial charge on any atom is 0.242 e. The zero-order chi connectivity index (χ0) is 18.6. The van der Waals surface area contributed by atoms with E-state index < -0.39 is 17.7 Å². The molecule has 0 saturated carbocycles. The summed E-state index contributed by atoms with van der Waals surface area (Å²) in [4.78, 5) is 38.3. The number of carbonyl (C=O) groups is 3. The van der Waals surface area contributed by atoms with Gasteiger partial charge in [0, 0.05) is 18.5 Å². The summed E-state index contributed by atoms with van der Waals surface area (Å²) in [5.74, 6) is -1.71. The summed E-state index contributed by atoms with van der Waals surface area (Å²) in [6.45, 7) is 3.72. The number of rotatable bonds is 7. The zero-order valence-electron chi connectivity index (χ0n) is 13.9. The SMILES string of the molecule is C=CCN1C(=O)C(CC(=O)c2ccc(OC)c(OC)c2)C(=O)NC1=S. The number of benzene rings is 1. The van der Waals surface area contributed by atoms with E-state index >= 15 is 0 Å². The van der Waals surface area contributed by atoms with Crippen molar-refractivity contribution in [3.8, 4) is 11.5 Å². The van der Waals surface area contributed by atoms with Gasteiger partial charge in [-0.1, -0.05) is 6.08 Å². The molecule has 1 aromatic carbocycles. The second kappa shape index (κ2) is 7.89. The van der Waals surface area contributed by atoms with Crippen LogP contribution in [0.3, 0.4) is 0 Å². The molecule has 0 spiro atoms. The Labute approximate surface area is 150 Å². The first kappa shape index (κ1) is 18.6. The number of amides is 2. The number of ether oxygens (including phenoxy) is 2. The maximum atomic E-state index is 12.5. The van der Waals surface area contributed by atoms with Crippen molar-refractivity contribution in [2.24, 2.45) is 5.92 Å². The molecular weight excluding hydrogens is 344 g/mol. The van der Waals surface area contributed by atoms with E-state index in [0.717, 1.165) is 0 Å². The van der Waals surface area contributed by atoms with Crippen LogP contribution < -0.4 is 14.8 Å². The Balaban J connectivity index is 2.21. The van der Waals surface area contributed by atoms with Gasteiger partial charge >= 0.3 is 0 Å². The number of ketones is 1. The largest absolute Gasteiger partial charge is 0.493 e. The lowest BCUT2D eigenvalue weighted by Gasteiger charge is -2.31. The normalized spacial score (nSPS) is 17.1. The van der Waals surface area contributed by atoms with Crippen molar-refractivity contribution in [1.29, 1.82) is 0 Å². The van der Waals surface area contributed by atoms with Gasteiger partial charge in [0.15, 0.2) is 22.4 Å². The Morgan fingerprint density at radius 1 is 1.32 bits per heavy atom. The van der Waals surface area contributed by atoms with Gasteiger partial charge in [-0.25, -0.2) is 0 Å². The first-order valence-corrected chi connectivity index (χ1v) is 7.86. The van der Waals surface area contributed by atoms with Gasteiger partial charge < -0.3 is 14.8 Å². The van der Waals surface area contributed by atoms with Gasteiger partial charge in [-0.3, -0.25) is 19.3 Å². The summed E-state index contributed by atoms with van der Waals surface area (Å²) in [5.41, 5.74) is 0.321. The third-order valence-electron chi connectivity index (χ3n) is 3.76. The Kier molecular flexibility index (Phi) is 5.87. The predicted octanol–water partition coefficient (Wildman–Crippen LogP) is 1.32. The molecule has 1 unspecified atom stereocenters. The molecule has 132 valence electrons. The van der Waals surface area contributed by atoms with Gasteiger partial charge in [0.2, 0.25) is 11.8 Å². The Hall–Kier alpha value is -2.74. The Bertz CT molecular complexity index is 747. The minimum atomic E-state index is -1.13. The fourth-order valence-electron chi connectivity index (χ4n) is 2.46. The highest BCUT2D eigenvalue weighted by molar-refractivity contribution is 7.80. The molecule has 0 aromatic heterocycles. The molecule has 1 aliphatic heterocycles. The molecule has 8 heteroatoms. The Morgan fingerprint density at radius 2 is 2.00 bits per heavy atom. The molecule has 25 heavy (non-hydrogen) atoms. The van der Waals surface area contributed by atoms with Crippen LogP contribution in [0, 0.1) is 5.92 Å². The van der Waals surface area contributed by atoms with Crippen molar-refractivity contribution in [2.75, 3.05) is 20.8 Å². The average Bonchev–Trinajstić information content (AvgIpc) is 2.61. The van der Waals surface area contributed by atoms with E-state index in [1.165, 1.54) is 31.3 Å². The minimum Gasteiger partial charge on any atom is -0.493 e. The zero-order valence-corrected chi connectivity index (χ0v) is 14.7. The molecule has 1 heterocycles. The van der Waals surface area contributed by atoms with Gasteiger partial charge in [0.1, 0.15) is 5.92 Å². The molecule has 1 fully saturated rings. The summed E-state index contributed by atoms with van der Waals surface area (Å²) < 4.78 is 10.3. The van der Waals surface area contributed by atoms with Gasteiger partial charge in [-0.2, -0.15) is 0 Å². The summed E-state index contributed by atoms with van der Waals surface area (Å²) in [6.07, 6.45) is 1.23. The number of methoxy groups -OCH3 is 2. The molecule has 1 aromatic rings. The number of Topliss-reactive ketones (excluding diaryl/α,β-unsaturated/α-hetero) is 1. The van der Waals surface area contributed by atoms with Crippen LogP contribution in [0.15, 0.2) is 30.9 Å². The van der Waals surface area contributed by atoms with Crippen LogP contribution in [0.1, 0.15) is 16.8 Å². The standard InChI is InChI=1S/C17H18N2O5S/c1-4-7-19-16(22)11(15(21)18-17(19)25)9-12(20)10-5-6-13(23-2)14(8-10)24-3/h4-6,8,11H,1,7,9H2,2-3H3,(H,18,21,25). The van der Waals surface area contributed by atoms with Crippen LogP contribution in [-0.2, 0) is 9.59 Å². The fourth-order valence-corrected chi connectivity index (χ4v) is 2.72. The molecule has 0 radical (unpaired) electrons. The smallest absolute Gasteiger partial charge is 0.242 e. The van der Waals surface area contributed by atoms with Crippen molar-refractivity contribution in [2.45, 2.75) is 6.42 Å². The van der Waals surface area contributed by atoms with Crippen molar-refractivity contribution < 1.29 is 23.9 Å². The van der Waals surface area contributed by atoms with Crippen LogP contribution in [0.5, 0.6) is 11.5 Å². The maximum absolute atomic E-state index is 12.5. The highest BCUT2D eigenvalue weighted by Crippen LogP contribution is 2.28. The molecule has 1 aliphatic rings. The monoisotopic (exact) mass is 362 g/mol. The number of nitrogens with one attached hydrogen (secondary N) is 1. The van der Waals surface area contributed by atoms with Gasteiger partial charge in [0.25, 0.3) is 0 Å². The van der Waals surface area contributed by atoms with E-state index in [4.69, 9.17) is 21.7 Å². The van der Waals surface area contributed by atoms with E-state index in [-0.39, 0.29) is 23.9 Å². The number of nitrogens with zero attached hydrogens (tertiary/aromatic N) is 1. The van der Waals surface area contributed by atoms with Crippen molar-refractivity contribution in [3.63, 3.8) is 0 Å². The van der Waals surface area contributed by atoms with E-state index in [2.05, 4.69) is 11.9 Å². The highest BCUT2D eigenvalue weighted by Gasteiger charge is 2.39. The quantitative estimate of drug-likeness (QED) is 0.341. The lowest BCUT2D eigenvalue weighted by atomic mass is 9.94. The predicted molar refractivity (Wildman–Crippen MR) is 94.6 cm³/mol. The summed E-state index contributed by atoms with van der Waals surface area (Å²) in [7, 11) is 2.94. The number of thiocarbonyl (C=S) groups is 1. The molecule has 1 atom stereocenters. The third kappa shape index (κ3) is 3.85. The van der Waals surface area contributed by atoms with Crippen LogP contribution in [-0.4, -0.2) is 48.4 Å². The van der Waals surface area contributed by atoms with Crippen LogP contribution in [0.25, 0.3) is 0 Å². The molecule has 1 N–H and O–H groups in total. The second-order valence-electron chi connectivity index (χ2n) is 5.28. The first-order chi connectivity index (χ1) is 11.9. The lowest BCUT2D eigenvalue weighted by molar-refractivity contribution is -0.140. The number of carbonyl (C=O) groups excluding carboxylic acids is 3. The molecular formula is C17H18N2O5S. The molecule has 0 bridgehead atoms. The van der Waals surface area contributed by atoms with Gasteiger partial charge in [0.05, 0.1) is 14.2 Å². The average molecular weight is 362 g/mol. The van der Waals surface area contributed by atoms with Crippen LogP contribution in [0.2, 0.25) is 0 Å². The molecule has 7 nitrogen and oxygen atoms in total. The topological polar surface area (TPSA) is 84.9 Å². The first-order valence-electron chi connectivity index (χ1n) is 7.45. The minimum absolute atomic E-state index is 0.0183. The van der Waals surface area contributed by atoms with Gasteiger partial charge in [-0.15, -0.1) is 6.58 Å². The molecule has 2 rings (SSSR count). The van der Waals surface area contributed by atoms with Crippen LogP contribution >= 0.6 is 12.2 Å². The Morgan fingerprint density at radius 3 is 2.60 bits per heavy atom. The van der Waals surface area contributed by atoms with Crippen molar-refractivity contribution >= 4 is 34.9 Å². The van der Waals surface area contributed by atoms with Crippen LogP contribution in [0.4, 0.5) is 0 Å². The summed E-state index contributed by atoms with van der Waals surface area (Å²) in [6, 6.07) is 4.66. The summed E-state index contributed by atoms with van der Waals surface area (Å²) in [5, 5.41) is 2.46.